The molecule has 27 heavy (non-hydrogen) atoms. The second-order valence-electron chi connectivity index (χ2n) is 6.17. The zero-order valence-corrected chi connectivity index (χ0v) is 15.3. The molecule has 1 atom stereocenters. The molecule has 0 bridgehead atoms. The number of fused-ring (bicyclic) bond motifs is 1. The maximum Gasteiger partial charge on any atom is 0.328 e. The van der Waals surface area contributed by atoms with E-state index in [2.05, 4.69) is 4.72 Å². The summed E-state index contributed by atoms with van der Waals surface area (Å²) in [5, 5.41) is 10.9. The lowest BCUT2D eigenvalue weighted by Crippen LogP contribution is -2.53. The van der Waals surface area contributed by atoms with Crippen LogP contribution in [0, 0.1) is 0 Å². The van der Waals surface area contributed by atoms with Gasteiger partial charge in [-0.3, -0.25) is 4.79 Å². The van der Waals surface area contributed by atoms with E-state index in [-0.39, 0.29) is 37.6 Å². The van der Waals surface area contributed by atoms with E-state index in [4.69, 9.17) is 9.84 Å². The molecule has 1 aliphatic heterocycles. The Balaban J connectivity index is 1.62. The second-order valence-corrected chi connectivity index (χ2v) is 7.94. The molecule has 0 saturated carbocycles. The highest BCUT2D eigenvalue weighted by molar-refractivity contribution is 7.89. The summed E-state index contributed by atoms with van der Waals surface area (Å²) in [7, 11) is -3.77. The largest absolute Gasteiger partial charge is 0.480 e. The number of carbonyl (C=O) groups is 2. The summed E-state index contributed by atoms with van der Waals surface area (Å²) in [4.78, 5) is 24.8. The molecule has 0 aliphatic carbocycles. The van der Waals surface area contributed by atoms with E-state index >= 15 is 0 Å². The monoisotopic (exact) mass is 392 g/mol. The molecule has 1 amide bonds. The van der Waals surface area contributed by atoms with Crippen LogP contribution in [0.4, 0.5) is 0 Å². The van der Waals surface area contributed by atoms with Crippen molar-refractivity contribution >= 4 is 32.7 Å². The summed E-state index contributed by atoms with van der Waals surface area (Å²) < 4.78 is 32.4. The number of carboxylic acid groups (broad SMARTS) is 1. The van der Waals surface area contributed by atoms with E-state index in [0.29, 0.717) is 0 Å². The van der Waals surface area contributed by atoms with Gasteiger partial charge in [0.25, 0.3) is 0 Å². The van der Waals surface area contributed by atoms with Crippen LogP contribution < -0.4 is 4.72 Å². The van der Waals surface area contributed by atoms with Crippen molar-refractivity contribution in [2.24, 2.45) is 0 Å². The van der Waals surface area contributed by atoms with Gasteiger partial charge in [-0.15, -0.1) is 0 Å². The molecule has 1 heterocycles. The topological polar surface area (TPSA) is 113 Å². The lowest BCUT2D eigenvalue weighted by molar-refractivity contribution is -0.158. The third-order valence-corrected chi connectivity index (χ3v) is 5.85. The number of carbonyl (C=O) groups excluding carboxylic acids is 1. The fourth-order valence-corrected chi connectivity index (χ4v) is 4.03. The minimum Gasteiger partial charge on any atom is -0.480 e. The maximum atomic E-state index is 12.5. The standard InChI is InChI=1S/C18H20N2O6S/c21-17(20-9-10-26-12-16(20)18(22)23)7-8-19-27(24,25)15-6-5-13-3-1-2-4-14(13)11-15/h1-6,11,16,19H,7-10,12H2,(H,22,23). The highest BCUT2D eigenvalue weighted by Crippen LogP contribution is 2.19. The first-order valence-corrected chi connectivity index (χ1v) is 9.95. The van der Waals surface area contributed by atoms with Crippen molar-refractivity contribution in [1.82, 2.24) is 9.62 Å². The molecule has 1 fully saturated rings. The van der Waals surface area contributed by atoms with Gasteiger partial charge in [0.15, 0.2) is 6.04 Å². The van der Waals surface area contributed by atoms with Crippen molar-refractivity contribution in [2.75, 3.05) is 26.3 Å². The smallest absolute Gasteiger partial charge is 0.328 e. The zero-order valence-electron chi connectivity index (χ0n) is 14.5. The fourth-order valence-electron chi connectivity index (χ4n) is 2.96. The number of rotatable bonds is 6. The third kappa shape index (κ3) is 4.44. The molecule has 1 aliphatic rings. The predicted molar refractivity (Wildman–Crippen MR) is 97.7 cm³/mol. The predicted octanol–water partition coefficient (Wildman–Crippen LogP) is 0.820. The number of morpholine rings is 1. The van der Waals surface area contributed by atoms with Gasteiger partial charge in [0, 0.05) is 19.5 Å². The highest BCUT2D eigenvalue weighted by atomic mass is 32.2. The van der Waals surface area contributed by atoms with Crippen molar-refractivity contribution in [3.8, 4) is 0 Å². The van der Waals surface area contributed by atoms with Crippen molar-refractivity contribution in [2.45, 2.75) is 17.4 Å². The Hall–Kier alpha value is -2.49. The molecular formula is C18H20N2O6S. The maximum absolute atomic E-state index is 12.5. The van der Waals surface area contributed by atoms with Crippen molar-refractivity contribution in [3.63, 3.8) is 0 Å². The summed E-state index contributed by atoms with van der Waals surface area (Å²) in [5.74, 6) is -1.56. The first-order valence-electron chi connectivity index (χ1n) is 8.47. The molecule has 2 aromatic carbocycles. The van der Waals surface area contributed by atoms with E-state index in [0.717, 1.165) is 10.8 Å². The summed E-state index contributed by atoms with van der Waals surface area (Å²) in [6.45, 7) is 0.257. The van der Waals surface area contributed by atoms with Gasteiger partial charge >= 0.3 is 5.97 Å². The second kappa shape index (κ2) is 8.03. The van der Waals surface area contributed by atoms with Gasteiger partial charge in [-0.1, -0.05) is 30.3 Å². The number of nitrogens with one attached hydrogen (secondary N) is 1. The SMILES string of the molecule is O=C(O)C1COCCN1C(=O)CCNS(=O)(=O)c1ccc2ccccc2c1. The number of ether oxygens (including phenoxy) is 1. The van der Waals surface area contributed by atoms with Gasteiger partial charge in [-0.05, 0) is 22.9 Å². The molecular weight excluding hydrogens is 372 g/mol. The van der Waals surface area contributed by atoms with Crippen LogP contribution in [-0.2, 0) is 24.3 Å². The van der Waals surface area contributed by atoms with Gasteiger partial charge in [0.05, 0.1) is 18.1 Å². The van der Waals surface area contributed by atoms with Crippen LogP contribution in [0.3, 0.4) is 0 Å². The Morgan fingerprint density at radius 1 is 1.19 bits per heavy atom. The summed E-state index contributed by atoms with van der Waals surface area (Å²) in [6, 6.07) is 11.2. The first kappa shape index (κ1) is 19.3. The fraction of sp³-hybridized carbons (Fsp3) is 0.333. The number of hydrogen-bond donors (Lipinski definition) is 2. The van der Waals surface area contributed by atoms with E-state index in [9.17, 15) is 18.0 Å². The lowest BCUT2D eigenvalue weighted by Gasteiger charge is -2.32. The Kier molecular flexibility index (Phi) is 5.73. The summed E-state index contributed by atoms with van der Waals surface area (Å²) in [5.41, 5.74) is 0. The van der Waals surface area contributed by atoms with Crippen LogP contribution in [-0.4, -0.2) is 62.6 Å². The van der Waals surface area contributed by atoms with Gasteiger partial charge < -0.3 is 14.7 Å². The minimum absolute atomic E-state index is 0.0656. The highest BCUT2D eigenvalue weighted by Gasteiger charge is 2.32. The summed E-state index contributed by atoms with van der Waals surface area (Å²) in [6.07, 6.45) is -0.128. The van der Waals surface area contributed by atoms with E-state index in [1.165, 1.54) is 11.0 Å². The molecule has 0 spiro atoms. The number of sulfonamides is 1. The molecule has 0 radical (unpaired) electrons. The molecule has 8 nitrogen and oxygen atoms in total. The third-order valence-electron chi connectivity index (χ3n) is 4.40. The van der Waals surface area contributed by atoms with Gasteiger partial charge in [0.1, 0.15) is 0 Å². The minimum atomic E-state index is -3.77. The molecule has 1 saturated heterocycles. The molecule has 0 aromatic heterocycles. The van der Waals surface area contributed by atoms with Gasteiger partial charge in [-0.25, -0.2) is 17.9 Å². The molecule has 2 N–H and O–H groups in total. The normalized spacial score (nSPS) is 17.8. The summed E-state index contributed by atoms with van der Waals surface area (Å²) >= 11 is 0. The zero-order chi connectivity index (χ0) is 19.4. The Morgan fingerprint density at radius 3 is 2.67 bits per heavy atom. The quantitative estimate of drug-likeness (QED) is 0.753. The molecule has 144 valence electrons. The van der Waals surface area contributed by atoms with Crippen molar-refractivity contribution in [3.05, 3.63) is 42.5 Å². The molecule has 2 aromatic rings. The number of nitrogens with zero attached hydrogens (tertiary/aromatic N) is 1. The van der Waals surface area contributed by atoms with Crippen LogP contribution in [0.5, 0.6) is 0 Å². The van der Waals surface area contributed by atoms with Crippen LogP contribution in [0.25, 0.3) is 10.8 Å². The average molecular weight is 392 g/mol. The van der Waals surface area contributed by atoms with Gasteiger partial charge in [0.2, 0.25) is 15.9 Å². The number of aliphatic carboxylic acids is 1. The van der Waals surface area contributed by atoms with Gasteiger partial charge in [-0.2, -0.15) is 0 Å². The molecule has 1 unspecified atom stereocenters. The number of carboxylic acids is 1. The first-order chi connectivity index (χ1) is 12.9. The number of hydrogen-bond acceptors (Lipinski definition) is 5. The van der Waals surface area contributed by atoms with E-state index < -0.39 is 27.9 Å². The van der Waals surface area contributed by atoms with Crippen LogP contribution in [0.1, 0.15) is 6.42 Å². The number of benzene rings is 2. The number of amides is 1. The Morgan fingerprint density at radius 2 is 1.93 bits per heavy atom. The van der Waals surface area contributed by atoms with Crippen molar-refractivity contribution in [1.29, 1.82) is 0 Å². The van der Waals surface area contributed by atoms with E-state index in [1.54, 1.807) is 12.1 Å². The Labute approximate surface area is 156 Å². The van der Waals surface area contributed by atoms with Crippen molar-refractivity contribution < 1.29 is 27.9 Å². The van der Waals surface area contributed by atoms with Crippen LogP contribution in [0.2, 0.25) is 0 Å². The lowest BCUT2D eigenvalue weighted by atomic mass is 10.1. The Bertz CT molecular complexity index is 959. The van der Waals surface area contributed by atoms with Crippen LogP contribution >= 0.6 is 0 Å². The molecule has 3 rings (SSSR count). The van der Waals surface area contributed by atoms with Crippen LogP contribution in [0.15, 0.2) is 47.4 Å². The van der Waals surface area contributed by atoms with E-state index in [1.807, 2.05) is 24.3 Å². The average Bonchev–Trinajstić information content (AvgIpc) is 2.67. The molecule has 9 heteroatoms.